The number of aliphatic hydroxyl groups excluding tert-OH is 1. The third-order valence-corrected chi connectivity index (χ3v) is 2.69. The van der Waals surface area contributed by atoms with Gasteiger partial charge in [-0.2, -0.15) is 0 Å². The summed E-state index contributed by atoms with van der Waals surface area (Å²) < 4.78 is 0. The molecule has 1 unspecified atom stereocenters. The lowest BCUT2D eigenvalue weighted by Gasteiger charge is -2.06. The van der Waals surface area contributed by atoms with E-state index in [0.29, 0.717) is 5.82 Å². The van der Waals surface area contributed by atoms with Gasteiger partial charge in [-0.25, -0.2) is 9.97 Å². The summed E-state index contributed by atoms with van der Waals surface area (Å²) in [6.07, 6.45) is 5.38. The zero-order chi connectivity index (χ0) is 14.4. The summed E-state index contributed by atoms with van der Waals surface area (Å²) in [6, 6.07) is 7.72. The molecule has 3 nitrogen and oxygen atoms in total. The highest BCUT2D eigenvalue weighted by Gasteiger charge is 2.07. The molecule has 2 aromatic rings. The van der Waals surface area contributed by atoms with E-state index in [0.717, 1.165) is 23.1 Å². The van der Waals surface area contributed by atoms with Gasteiger partial charge in [-0.15, -0.1) is 6.58 Å². The zero-order valence-electron chi connectivity index (χ0n) is 11.4. The van der Waals surface area contributed by atoms with Crippen LogP contribution in [0.3, 0.4) is 0 Å². The van der Waals surface area contributed by atoms with Crippen LogP contribution in [0.2, 0.25) is 0 Å². The molecule has 0 amide bonds. The van der Waals surface area contributed by atoms with E-state index in [1.165, 1.54) is 0 Å². The van der Waals surface area contributed by atoms with Gasteiger partial charge >= 0.3 is 0 Å². The van der Waals surface area contributed by atoms with Crippen LogP contribution < -0.4 is 0 Å². The smallest absolute Gasteiger partial charge is 0.160 e. The van der Waals surface area contributed by atoms with Gasteiger partial charge in [-0.05, 0) is 37.1 Å². The first-order chi connectivity index (χ1) is 9.70. The number of rotatable bonds is 3. The molecule has 20 heavy (non-hydrogen) atoms. The van der Waals surface area contributed by atoms with Crippen molar-refractivity contribution in [2.75, 3.05) is 0 Å². The molecule has 0 aliphatic carbocycles. The number of hydrogen-bond donors (Lipinski definition) is 1. The largest absolute Gasteiger partial charge is 0.381 e. The van der Waals surface area contributed by atoms with E-state index in [-0.39, 0.29) is 0 Å². The molecule has 0 aliphatic rings. The Labute approximate surface area is 119 Å². The van der Waals surface area contributed by atoms with Crippen LogP contribution in [0.1, 0.15) is 18.1 Å². The standard InChI is InChI=1S/C17H16N2O/c1-3-5-14-7-9-15(8-6-13(2)20)16(12-14)17-18-10-4-11-19-17/h3-4,7,9-13,20H,1,5H2,2H3. The summed E-state index contributed by atoms with van der Waals surface area (Å²) >= 11 is 0. The minimum absolute atomic E-state index is 0.633. The summed E-state index contributed by atoms with van der Waals surface area (Å²) in [5.41, 5.74) is 2.81. The molecule has 1 atom stereocenters. The minimum Gasteiger partial charge on any atom is -0.381 e. The Bertz CT molecular complexity index is 652. The van der Waals surface area contributed by atoms with E-state index < -0.39 is 6.10 Å². The van der Waals surface area contributed by atoms with Gasteiger partial charge in [0.1, 0.15) is 6.10 Å². The fourth-order valence-electron chi connectivity index (χ4n) is 1.80. The van der Waals surface area contributed by atoms with Gasteiger partial charge in [0.05, 0.1) is 0 Å². The van der Waals surface area contributed by atoms with E-state index in [1.54, 1.807) is 25.4 Å². The van der Waals surface area contributed by atoms with E-state index in [9.17, 15) is 5.11 Å². The van der Waals surface area contributed by atoms with Crippen molar-refractivity contribution in [2.24, 2.45) is 0 Å². The third-order valence-electron chi connectivity index (χ3n) is 2.69. The average Bonchev–Trinajstić information content (AvgIpc) is 2.47. The van der Waals surface area contributed by atoms with Crippen LogP contribution in [0, 0.1) is 11.8 Å². The molecule has 0 fully saturated rings. The lowest BCUT2D eigenvalue weighted by atomic mass is 10.0. The molecule has 1 heterocycles. The average molecular weight is 264 g/mol. The normalized spacial score (nSPS) is 11.3. The number of aromatic nitrogens is 2. The Morgan fingerprint density at radius 1 is 1.35 bits per heavy atom. The summed E-state index contributed by atoms with van der Waals surface area (Å²) in [5.74, 6) is 6.36. The van der Waals surface area contributed by atoms with Crippen molar-refractivity contribution < 1.29 is 5.11 Å². The van der Waals surface area contributed by atoms with Gasteiger partial charge in [0.15, 0.2) is 5.82 Å². The van der Waals surface area contributed by atoms with E-state index in [2.05, 4.69) is 28.4 Å². The highest BCUT2D eigenvalue weighted by atomic mass is 16.3. The molecule has 2 rings (SSSR count). The van der Waals surface area contributed by atoms with Crippen LogP contribution in [0.25, 0.3) is 11.4 Å². The summed E-state index contributed by atoms with van der Waals surface area (Å²) in [5, 5.41) is 9.30. The van der Waals surface area contributed by atoms with Crippen LogP contribution in [-0.2, 0) is 6.42 Å². The van der Waals surface area contributed by atoms with Crippen molar-refractivity contribution in [3.05, 3.63) is 60.4 Å². The Morgan fingerprint density at radius 2 is 2.10 bits per heavy atom. The lowest BCUT2D eigenvalue weighted by Crippen LogP contribution is -1.96. The predicted molar refractivity (Wildman–Crippen MR) is 79.9 cm³/mol. The minimum atomic E-state index is -0.660. The second-order valence-electron chi connectivity index (χ2n) is 4.39. The number of aliphatic hydroxyl groups is 1. The van der Waals surface area contributed by atoms with Gasteiger partial charge in [-0.1, -0.05) is 24.0 Å². The van der Waals surface area contributed by atoms with Crippen LogP contribution in [0.5, 0.6) is 0 Å². The molecular weight excluding hydrogens is 248 g/mol. The van der Waals surface area contributed by atoms with Crippen LogP contribution in [-0.4, -0.2) is 21.2 Å². The van der Waals surface area contributed by atoms with Crippen molar-refractivity contribution in [1.82, 2.24) is 9.97 Å². The first-order valence-corrected chi connectivity index (χ1v) is 6.41. The zero-order valence-corrected chi connectivity index (χ0v) is 11.4. The van der Waals surface area contributed by atoms with Crippen molar-refractivity contribution in [2.45, 2.75) is 19.4 Å². The summed E-state index contributed by atoms with van der Waals surface area (Å²) in [4.78, 5) is 8.54. The van der Waals surface area contributed by atoms with Crippen molar-refractivity contribution in [1.29, 1.82) is 0 Å². The van der Waals surface area contributed by atoms with Crippen molar-refractivity contribution in [3.8, 4) is 23.2 Å². The molecule has 3 heteroatoms. The van der Waals surface area contributed by atoms with Crippen LogP contribution >= 0.6 is 0 Å². The van der Waals surface area contributed by atoms with Gasteiger partial charge < -0.3 is 5.11 Å². The number of nitrogens with zero attached hydrogens (tertiary/aromatic N) is 2. The molecule has 0 aliphatic heterocycles. The molecule has 0 bridgehead atoms. The molecule has 0 spiro atoms. The van der Waals surface area contributed by atoms with Gasteiger partial charge in [0.25, 0.3) is 0 Å². The Kier molecular flexibility index (Phi) is 4.65. The van der Waals surface area contributed by atoms with Crippen molar-refractivity contribution >= 4 is 0 Å². The highest BCUT2D eigenvalue weighted by Crippen LogP contribution is 2.21. The third kappa shape index (κ3) is 3.53. The maximum absolute atomic E-state index is 9.30. The molecule has 1 aromatic heterocycles. The van der Waals surface area contributed by atoms with E-state index in [4.69, 9.17) is 0 Å². The summed E-state index contributed by atoms with van der Waals surface area (Å²) in [7, 11) is 0. The van der Waals surface area contributed by atoms with Crippen LogP contribution in [0.15, 0.2) is 49.3 Å². The molecule has 1 N–H and O–H groups in total. The maximum atomic E-state index is 9.30. The van der Waals surface area contributed by atoms with Crippen LogP contribution in [0.4, 0.5) is 0 Å². The Morgan fingerprint density at radius 3 is 2.75 bits per heavy atom. The topological polar surface area (TPSA) is 46.0 Å². The number of hydrogen-bond acceptors (Lipinski definition) is 3. The number of allylic oxidation sites excluding steroid dienone is 1. The molecular formula is C17H16N2O. The van der Waals surface area contributed by atoms with Gasteiger partial charge in [0, 0.05) is 23.5 Å². The molecule has 0 saturated carbocycles. The monoisotopic (exact) mass is 264 g/mol. The van der Waals surface area contributed by atoms with E-state index >= 15 is 0 Å². The van der Waals surface area contributed by atoms with Gasteiger partial charge in [-0.3, -0.25) is 0 Å². The number of benzene rings is 1. The predicted octanol–water partition coefficient (Wildman–Crippen LogP) is 2.60. The van der Waals surface area contributed by atoms with Gasteiger partial charge in [0.2, 0.25) is 0 Å². The highest BCUT2D eigenvalue weighted by molar-refractivity contribution is 5.66. The first kappa shape index (κ1) is 14.0. The molecule has 1 aromatic carbocycles. The van der Waals surface area contributed by atoms with Crippen molar-refractivity contribution in [3.63, 3.8) is 0 Å². The SMILES string of the molecule is C=CCc1ccc(C#CC(C)O)c(-c2ncccn2)c1. The second-order valence-corrected chi connectivity index (χ2v) is 4.39. The Hall–Kier alpha value is -2.44. The Balaban J connectivity index is 2.52. The quantitative estimate of drug-likeness (QED) is 0.684. The second kappa shape index (κ2) is 6.65. The molecule has 100 valence electrons. The maximum Gasteiger partial charge on any atom is 0.160 e. The fourth-order valence-corrected chi connectivity index (χ4v) is 1.80. The summed E-state index contributed by atoms with van der Waals surface area (Å²) in [6.45, 7) is 5.38. The fraction of sp³-hybridized carbons (Fsp3) is 0.176. The lowest BCUT2D eigenvalue weighted by molar-refractivity contribution is 0.253. The molecule has 0 radical (unpaired) electrons. The first-order valence-electron chi connectivity index (χ1n) is 6.41. The molecule has 0 saturated heterocycles. The van der Waals surface area contributed by atoms with E-state index in [1.807, 2.05) is 24.3 Å².